The first-order valence-corrected chi connectivity index (χ1v) is 6.65. The smallest absolute Gasteiger partial charge is 0.202 e. The molecule has 0 heterocycles. The lowest BCUT2D eigenvalue weighted by Gasteiger charge is -2.14. The van der Waals surface area contributed by atoms with Gasteiger partial charge in [0.15, 0.2) is 17.7 Å². The summed E-state index contributed by atoms with van der Waals surface area (Å²) in [6.45, 7) is 1.55. The van der Waals surface area contributed by atoms with Crippen LogP contribution < -0.4 is 4.74 Å². The van der Waals surface area contributed by atoms with E-state index in [-0.39, 0.29) is 16.6 Å². The molecule has 0 aromatic heterocycles. The average Bonchev–Trinajstić information content (AvgIpc) is 2.44. The number of carbonyl (C=O) groups is 1. The van der Waals surface area contributed by atoms with E-state index >= 15 is 0 Å². The molecule has 5 heteroatoms. The third kappa shape index (κ3) is 3.30. The van der Waals surface area contributed by atoms with Gasteiger partial charge in [0, 0.05) is 10.6 Å². The molecule has 1 unspecified atom stereocenters. The number of ether oxygens (including phenoxy) is 1. The molecule has 104 valence electrons. The lowest BCUT2D eigenvalue weighted by Crippen LogP contribution is -2.24. The summed E-state index contributed by atoms with van der Waals surface area (Å²) in [7, 11) is 0. The van der Waals surface area contributed by atoms with Crippen molar-refractivity contribution in [3.8, 4) is 5.75 Å². The number of Topliss-reactive ketones (excluding diaryl/α,β-unsaturated/α-hetero) is 1. The summed E-state index contributed by atoms with van der Waals surface area (Å²) in [5.41, 5.74) is 0.448. The van der Waals surface area contributed by atoms with Gasteiger partial charge in [0.05, 0.1) is 5.02 Å². The van der Waals surface area contributed by atoms with Crippen molar-refractivity contribution >= 4 is 29.0 Å². The molecule has 1 atom stereocenters. The average molecular weight is 313 g/mol. The Bertz CT molecular complexity index is 626. The third-order valence-electron chi connectivity index (χ3n) is 2.72. The number of hydrogen-bond acceptors (Lipinski definition) is 2. The normalized spacial score (nSPS) is 12.0. The highest BCUT2D eigenvalue weighted by molar-refractivity contribution is 6.31. The molecule has 2 aromatic carbocycles. The largest absolute Gasteiger partial charge is 0.479 e. The Kier molecular flexibility index (Phi) is 4.63. The maximum Gasteiger partial charge on any atom is 0.202 e. The topological polar surface area (TPSA) is 26.3 Å². The zero-order valence-corrected chi connectivity index (χ0v) is 12.1. The van der Waals surface area contributed by atoms with Gasteiger partial charge in [0.1, 0.15) is 0 Å². The summed E-state index contributed by atoms with van der Waals surface area (Å²) in [6, 6.07) is 10.8. The van der Waals surface area contributed by atoms with Crippen LogP contribution in [0, 0.1) is 5.82 Å². The minimum Gasteiger partial charge on any atom is -0.479 e. The van der Waals surface area contributed by atoms with E-state index in [2.05, 4.69) is 0 Å². The SMILES string of the molecule is CC(Oc1cccc(Cl)c1F)C(=O)c1ccc(Cl)cc1. The highest BCUT2D eigenvalue weighted by Crippen LogP contribution is 2.25. The molecule has 0 saturated carbocycles. The Morgan fingerprint density at radius 3 is 2.45 bits per heavy atom. The Labute approximate surface area is 126 Å². The maximum absolute atomic E-state index is 13.7. The van der Waals surface area contributed by atoms with Crippen LogP contribution >= 0.6 is 23.2 Å². The molecule has 0 aliphatic heterocycles. The molecule has 0 aliphatic rings. The molecule has 0 fully saturated rings. The summed E-state index contributed by atoms with van der Waals surface area (Å²) in [4.78, 5) is 12.1. The molecular formula is C15H11Cl2FO2. The predicted molar refractivity (Wildman–Crippen MR) is 77.3 cm³/mol. The van der Waals surface area contributed by atoms with Crippen molar-refractivity contribution in [2.75, 3.05) is 0 Å². The fraction of sp³-hybridized carbons (Fsp3) is 0.133. The summed E-state index contributed by atoms with van der Waals surface area (Å²) in [5.74, 6) is -0.988. The minimum absolute atomic E-state index is 0.0476. The first kappa shape index (κ1) is 14.8. The van der Waals surface area contributed by atoms with Crippen molar-refractivity contribution in [2.24, 2.45) is 0 Å². The monoisotopic (exact) mass is 312 g/mol. The summed E-state index contributed by atoms with van der Waals surface area (Å²) in [6.07, 6.45) is -0.829. The van der Waals surface area contributed by atoms with Gasteiger partial charge in [-0.2, -0.15) is 0 Å². The van der Waals surface area contributed by atoms with Crippen molar-refractivity contribution in [3.05, 3.63) is 63.9 Å². The van der Waals surface area contributed by atoms with E-state index in [0.717, 1.165) is 0 Å². The van der Waals surface area contributed by atoms with Gasteiger partial charge in [0.25, 0.3) is 0 Å². The molecule has 0 N–H and O–H groups in total. The van der Waals surface area contributed by atoms with Crippen LogP contribution in [0.4, 0.5) is 4.39 Å². The first-order valence-electron chi connectivity index (χ1n) is 5.89. The lowest BCUT2D eigenvalue weighted by molar-refractivity contribution is 0.0812. The molecule has 2 aromatic rings. The van der Waals surface area contributed by atoms with Crippen LogP contribution in [0.5, 0.6) is 5.75 Å². The quantitative estimate of drug-likeness (QED) is 0.759. The zero-order valence-electron chi connectivity index (χ0n) is 10.6. The molecule has 0 bridgehead atoms. The second-order valence-electron chi connectivity index (χ2n) is 4.18. The van der Waals surface area contributed by atoms with Gasteiger partial charge in [-0.05, 0) is 43.3 Å². The predicted octanol–water partition coefficient (Wildman–Crippen LogP) is 4.78. The van der Waals surface area contributed by atoms with Crippen LogP contribution in [0.3, 0.4) is 0 Å². The molecule has 0 amide bonds. The summed E-state index contributed by atoms with van der Waals surface area (Å²) in [5, 5.41) is 0.490. The number of benzene rings is 2. The molecular weight excluding hydrogens is 302 g/mol. The van der Waals surface area contributed by atoms with Gasteiger partial charge in [0.2, 0.25) is 5.78 Å². The lowest BCUT2D eigenvalue weighted by atomic mass is 10.1. The van der Waals surface area contributed by atoms with Crippen molar-refractivity contribution < 1.29 is 13.9 Å². The Morgan fingerprint density at radius 2 is 1.80 bits per heavy atom. The number of hydrogen-bond donors (Lipinski definition) is 0. The van der Waals surface area contributed by atoms with Gasteiger partial charge >= 0.3 is 0 Å². The highest BCUT2D eigenvalue weighted by Gasteiger charge is 2.19. The van der Waals surface area contributed by atoms with E-state index in [1.807, 2.05) is 0 Å². The Hall–Kier alpha value is -1.58. The van der Waals surface area contributed by atoms with E-state index in [0.29, 0.717) is 10.6 Å². The highest BCUT2D eigenvalue weighted by atomic mass is 35.5. The van der Waals surface area contributed by atoms with Crippen molar-refractivity contribution in [2.45, 2.75) is 13.0 Å². The van der Waals surface area contributed by atoms with Crippen molar-refractivity contribution in [1.29, 1.82) is 0 Å². The molecule has 20 heavy (non-hydrogen) atoms. The Balaban J connectivity index is 2.15. The maximum atomic E-state index is 13.7. The van der Waals surface area contributed by atoms with Gasteiger partial charge in [-0.15, -0.1) is 0 Å². The number of rotatable bonds is 4. The van der Waals surface area contributed by atoms with Crippen LogP contribution in [0.25, 0.3) is 0 Å². The third-order valence-corrected chi connectivity index (χ3v) is 3.26. The molecule has 0 aliphatic carbocycles. The Morgan fingerprint density at radius 1 is 1.15 bits per heavy atom. The van der Waals surface area contributed by atoms with Gasteiger partial charge in [-0.25, -0.2) is 4.39 Å². The fourth-order valence-corrected chi connectivity index (χ4v) is 1.96. The zero-order chi connectivity index (χ0) is 14.7. The number of carbonyl (C=O) groups excluding carboxylic acids is 1. The second kappa shape index (κ2) is 6.25. The van der Waals surface area contributed by atoms with E-state index in [4.69, 9.17) is 27.9 Å². The van der Waals surface area contributed by atoms with Crippen molar-refractivity contribution in [1.82, 2.24) is 0 Å². The van der Waals surface area contributed by atoms with E-state index in [1.165, 1.54) is 12.1 Å². The fourth-order valence-electron chi connectivity index (χ4n) is 1.67. The van der Waals surface area contributed by atoms with Crippen LogP contribution in [-0.4, -0.2) is 11.9 Å². The van der Waals surface area contributed by atoms with Crippen LogP contribution in [0.1, 0.15) is 17.3 Å². The summed E-state index contributed by atoms with van der Waals surface area (Å²) < 4.78 is 19.0. The van der Waals surface area contributed by atoms with E-state index in [9.17, 15) is 9.18 Å². The van der Waals surface area contributed by atoms with Crippen LogP contribution in [0.2, 0.25) is 10.0 Å². The molecule has 0 radical (unpaired) electrons. The molecule has 0 saturated heterocycles. The van der Waals surface area contributed by atoms with E-state index in [1.54, 1.807) is 37.3 Å². The molecule has 2 rings (SSSR count). The molecule has 0 spiro atoms. The standard InChI is InChI=1S/C15H11Cl2FO2/c1-9(15(19)10-5-7-11(16)8-6-10)20-13-4-2-3-12(17)14(13)18/h2-9H,1H3. The number of halogens is 3. The van der Waals surface area contributed by atoms with Gasteiger partial charge in [-0.3, -0.25) is 4.79 Å². The first-order chi connectivity index (χ1) is 9.49. The van der Waals surface area contributed by atoms with Gasteiger partial charge < -0.3 is 4.74 Å². The minimum atomic E-state index is -0.829. The summed E-state index contributed by atoms with van der Waals surface area (Å²) >= 11 is 11.4. The van der Waals surface area contributed by atoms with Crippen molar-refractivity contribution in [3.63, 3.8) is 0 Å². The van der Waals surface area contributed by atoms with E-state index < -0.39 is 11.9 Å². The van der Waals surface area contributed by atoms with Crippen LogP contribution in [-0.2, 0) is 0 Å². The molecule has 2 nitrogen and oxygen atoms in total. The van der Waals surface area contributed by atoms with Gasteiger partial charge in [-0.1, -0.05) is 29.3 Å². The van der Waals surface area contributed by atoms with Crippen LogP contribution in [0.15, 0.2) is 42.5 Å². The second-order valence-corrected chi connectivity index (χ2v) is 5.03. The number of ketones is 1.